The van der Waals surface area contributed by atoms with Gasteiger partial charge in [-0.05, 0) is 40.2 Å². The molecule has 0 aliphatic carbocycles. The van der Waals surface area contributed by atoms with E-state index in [9.17, 15) is 0 Å². The van der Waals surface area contributed by atoms with E-state index in [4.69, 9.17) is 16.3 Å². The molecule has 0 unspecified atom stereocenters. The topological polar surface area (TPSA) is 47.0 Å². The third-order valence-corrected chi connectivity index (χ3v) is 2.96. The van der Waals surface area contributed by atoms with Crippen LogP contribution in [0.1, 0.15) is 0 Å². The van der Waals surface area contributed by atoms with Crippen LogP contribution in [0.2, 0.25) is 5.15 Å². The molecule has 0 radical (unpaired) electrons. The van der Waals surface area contributed by atoms with Gasteiger partial charge in [0.15, 0.2) is 11.0 Å². The molecule has 88 valence electrons. The molecule has 0 atom stereocenters. The van der Waals surface area contributed by atoms with Crippen molar-refractivity contribution in [2.75, 3.05) is 12.4 Å². The van der Waals surface area contributed by atoms with Crippen molar-refractivity contribution in [1.82, 2.24) is 10.2 Å². The van der Waals surface area contributed by atoms with Crippen molar-refractivity contribution in [2.45, 2.75) is 0 Å². The fourth-order valence-electron chi connectivity index (χ4n) is 1.25. The summed E-state index contributed by atoms with van der Waals surface area (Å²) in [5.74, 6) is 1.38. The Morgan fingerprint density at radius 1 is 1.24 bits per heavy atom. The summed E-state index contributed by atoms with van der Waals surface area (Å²) in [4.78, 5) is 0. The first kappa shape index (κ1) is 12.1. The minimum atomic E-state index is 0.361. The molecule has 1 heterocycles. The first-order valence-electron chi connectivity index (χ1n) is 4.79. The van der Waals surface area contributed by atoms with Gasteiger partial charge < -0.3 is 10.1 Å². The number of anilines is 2. The van der Waals surface area contributed by atoms with Crippen molar-refractivity contribution in [3.8, 4) is 5.75 Å². The number of rotatable bonds is 3. The zero-order chi connectivity index (χ0) is 12.3. The number of nitrogens with zero attached hydrogens (tertiary/aromatic N) is 2. The molecule has 0 saturated heterocycles. The number of ether oxygens (including phenoxy) is 1. The first-order valence-corrected chi connectivity index (χ1v) is 5.96. The molecule has 1 N–H and O–H groups in total. The van der Waals surface area contributed by atoms with Crippen LogP contribution in [0.5, 0.6) is 5.75 Å². The SMILES string of the molecule is COc1ccc(Br)c(Nc2ccc(Cl)nn2)c1. The summed E-state index contributed by atoms with van der Waals surface area (Å²) in [6.45, 7) is 0. The molecule has 1 aromatic carbocycles. The lowest BCUT2D eigenvalue weighted by molar-refractivity contribution is 0.415. The predicted molar refractivity (Wildman–Crippen MR) is 71.0 cm³/mol. The molecule has 0 aliphatic rings. The molecule has 0 aliphatic heterocycles. The maximum atomic E-state index is 5.66. The van der Waals surface area contributed by atoms with Gasteiger partial charge >= 0.3 is 0 Å². The molecule has 1 aromatic heterocycles. The monoisotopic (exact) mass is 313 g/mol. The standard InChI is InChI=1S/C11H9BrClN3O/c1-17-7-2-3-8(12)9(6-7)14-11-5-4-10(13)15-16-11/h2-6H,1H3,(H,14,16). The van der Waals surface area contributed by atoms with Crippen LogP contribution in [-0.4, -0.2) is 17.3 Å². The van der Waals surface area contributed by atoms with Crippen LogP contribution >= 0.6 is 27.5 Å². The maximum Gasteiger partial charge on any atom is 0.153 e. The minimum absolute atomic E-state index is 0.361. The van der Waals surface area contributed by atoms with Gasteiger partial charge in [-0.1, -0.05) is 11.6 Å². The Labute approximate surface area is 112 Å². The maximum absolute atomic E-state index is 5.66. The Morgan fingerprint density at radius 2 is 2.06 bits per heavy atom. The van der Waals surface area contributed by atoms with Gasteiger partial charge in [-0.15, -0.1) is 10.2 Å². The Morgan fingerprint density at radius 3 is 2.71 bits per heavy atom. The van der Waals surface area contributed by atoms with Gasteiger partial charge in [-0.25, -0.2) is 0 Å². The average Bonchev–Trinajstić information content (AvgIpc) is 2.35. The predicted octanol–water partition coefficient (Wildman–Crippen LogP) is 3.64. The van der Waals surface area contributed by atoms with E-state index >= 15 is 0 Å². The van der Waals surface area contributed by atoms with Crippen molar-refractivity contribution in [1.29, 1.82) is 0 Å². The van der Waals surface area contributed by atoms with Crippen molar-refractivity contribution >= 4 is 39.0 Å². The molecular formula is C11H9BrClN3O. The van der Waals surface area contributed by atoms with Gasteiger partial charge in [0, 0.05) is 10.5 Å². The fourth-order valence-corrected chi connectivity index (χ4v) is 1.69. The highest BCUT2D eigenvalue weighted by Crippen LogP contribution is 2.29. The van der Waals surface area contributed by atoms with Crippen LogP contribution in [-0.2, 0) is 0 Å². The quantitative estimate of drug-likeness (QED) is 0.939. The lowest BCUT2D eigenvalue weighted by Crippen LogP contribution is -1.96. The molecule has 0 fully saturated rings. The van der Waals surface area contributed by atoms with Crippen LogP contribution in [0.15, 0.2) is 34.8 Å². The van der Waals surface area contributed by atoms with Gasteiger partial charge in [-0.3, -0.25) is 0 Å². The van der Waals surface area contributed by atoms with Crippen molar-refractivity contribution in [2.24, 2.45) is 0 Å². The summed E-state index contributed by atoms with van der Waals surface area (Å²) in [6, 6.07) is 9.04. The highest BCUT2D eigenvalue weighted by Gasteiger charge is 2.03. The largest absolute Gasteiger partial charge is 0.497 e. The Balaban J connectivity index is 2.25. The fraction of sp³-hybridized carbons (Fsp3) is 0.0909. The Kier molecular flexibility index (Phi) is 3.81. The van der Waals surface area contributed by atoms with Gasteiger partial charge in [0.1, 0.15) is 5.75 Å². The molecule has 2 rings (SSSR count). The number of aromatic nitrogens is 2. The number of halogens is 2. The van der Waals surface area contributed by atoms with Crippen LogP contribution in [0, 0.1) is 0 Å². The number of benzene rings is 1. The third kappa shape index (κ3) is 3.08. The first-order chi connectivity index (χ1) is 8.19. The van der Waals surface area contributed by atoms with E-state index in [2.05, 4.69) is 31.4 Å². The van der Waals surface area contributed by atoms with Crippen LogP contribution in [0.3, 0.4) is 0 Å². The number of nitrogens with one attached hydrogen (secondary N) is 1. The minimum Gasteiger partial charge on any atom is -0.497 e. The molecule has 2 aromatic rings. The second kappa shape index (κ2) is 5.33. The van der Waals surface area contributed by atoms with E-state index in [0.717, 1.165) is 15.9 Å². The van der Waals surface area contributed by atoms with E-state index in [1.807, 2.05) is 18.2 Å². The molecular weight excluding hydrogens is 305 g/mol. The number of hydrogen-bond acceptors (Lipinski definition) is 4. The van der Waals surface area contributed by atoms with Crippen molar-refractivity contribution in [3.63, 3.8) is 0 Å². The highest BCUT2D eigenvalue weighted by atomic mass is 79.9. The highest BCUT2D eigenvalue weighted by molar-refractivity contribution is 9.10. The van der Waals surface area contributed by atoms with E-state index in [-0.39, 0.29) is 0 Å². The second-order valence-corrected chi connectivity index (χ2v) is 4.45. The second-order valence-electron chi connectivity index (χ2n) is 3.21. The van der Waals surface area contributed by atoms with Crippen LogP contribution in [0.25, 0.3) is 0 Å². The van der Waals surface area contributed by atoms with E-state index < -0.39 is 0 Å². The number of methoxy groups -OCH3 is 1. The summed E-state index contributed by atoms with van der Waals surface area (Å²) in [7, 11) is 1.62. The molecule has 0 bridgehead atoms. The summed E-state index contributed by atoms with van der Waals surface area (Å²) in [5.41, 5.74) is 0.848. The summed E-state index contributed by atoms with van der Waals surface area (Å²) < 4.78 is 6.06. The zero-order valence-electron chi connectivity index (χ0n) is 8.95. The Hall–Kier alpha value is -1.33. The van der Waals surface area contributed by atoms with E-state index in [1.165, 1.54) is 0 Å². The van der Waals surface area contributed by atoms with Crippen molar-refractivity contribution < 1.29 is 4.74 Å². The molecule has 0 amide bonds. The third-order valence-electron chi connectivity index (χ3n) is 2.07. The van der Waals surface area contributed by atoms with Crippen LogP contribution in [0.4, 0.5) is 11.5 Å². The van der Waals surface area contributed by atoms with Gasteiger partial charge in [0.05, 0.1) is 12.8 Å². The Bertz CT molecular complexity index is 519. The van der Waals surface area contributed by atoms with Gasteiger partial charge in [-0.2, -0.15) is 0 Å². The lowest BCUT2D eigenvalue weighted by atomic mass is 10.3. The lowest BCUT2D eigenvalue weighted by Gasteiger charge is -2.09. The molecule has 17 heavy (non-hydrogen) atoms. The van der Waals surface area contributed by atoms with Crippen molar-refractivity contribution in [3.05, 3.63) is 40.0 Å². The molecule has 0 saturated carbocycles. The molecule has 6 heteroatoms. The van der Waals surface area contributed by atoms with E-state index in [0.29, 0.717) is 11.0 Å². The average molecular weight is 315 g/mol. The van der Waals surface area contributed by atoms with E-state index in [1.54, 1.807) is 19.2 Å². The molecule has 4 nitrogen and oxygen atoms in total. The molecule has 0 spiro atoms. The van der Waals surface area contributed by atoms with Crippen LogP contribution < -0.4 is 10.1 Å². The summed E-state index contributed by atoms with van der Waals surface area (Å²) in [6.07, 6.45) is 0. The summed E-state index contributed by atoms with van der Waals surface area (Å²) >= 11 is 9.10. The zero-order valence-corrected chi connectivity index (χ0v) is 11.3. The van der Waals surface area contributed by atoms with Gasteiger partial charge in [0.2, 0.25) is 0 Å². The normalized spacial score (nSPS) is 10.1. The van der Waals surface area contributed by atoms with Gasteiger partial charge in [0.25, 0.3) is 0 Å². The summed E-state index contributed by atoms with van der Waals surface area (Å²) in [5, 5.41) is 11.1. The number of hydrogen-bond donors (Lipinski definition) is 1. The smallest absolute Gasteiger partial charge is 0.153 e.